The second-order valence-corrected chi connectivity index (χ2v) is 5.62. The number of ketones is 1. The van der Waals surface area contributed by atoms with E-state index in [0.29, 0.717) is 0 Å². The van der Waals surface area contributed by atoms with Crippen molar-refractivity contribution in [2.45, 2.75) is 31.5 Å². The number of hydrogen-bond donors (Lipinski definition) is 0. The number of Topliss-reactive ketones (excluding diaryl/α,β-unsaturated/α-hetero) is 1. The third-order valence-electron chi connectivity index (χ3n) is 3.64. The van der Waals surface area contributed by atoms with Crippen LogP contribution in [-0.2, 0) is 4.74 Å². The summed E-state index contributed by atoms with van der Waals surface area (Å²) in [4.78, 5) is 12.3. The Kier molecular flexibility index (Phi) is 2.79. The summed E-state index contributed by atoms with van der Waals surface area (Å²) >= 11 is 3.26. The van der Waals surface area contributed by atoms with Crippen molar-refractivity contribution in [3.63, 3.8) is 0 Å². The Morgan fingerprint density at radius 3 is 2.88 bits per heavy atom. The minimum Gasteiger partial charge on any atom is -0.374 e. The fourth-order valence-corrected chi connectivity index (χ4v) is 3.16. The summed E-state index contributed by atoms with van der Waals surface area (Å²) in [5, 5.41) is 0. The van der Waals surface area contributed by atoms with Gasteiger partial charge in [0.25, 0.3) is 0 Å². The molecule has 0 N–H and O–H groups in total. The molecule has 90 valence electrons. The average molecular weight is 299 g/mol. The first-order valence-electron chi connectivity index (χ1n) is 5.80. The number of benzene rings is 1. The van der Waals surface area contributed by atoms with E-state index in [2.05, 4.69) is 15.9 Å². The summed E-state index contributed by atoms with van der Waals surface area (Å²) in [7, 11) is 0. The predicted molar refractivity (Wildman–Crippen MR) is 64.4 cm³/mol. The molecule has 0 radical (unpaired) electrons. The van der Waals surface area contributed by atoms with Crippen molar-refractivity contribution in [1.29, 1.82) is 0 Å². The van der Waals surface area contributed by atoms with Crippen LogP contribution in [0.4, 0.5) is 4.39 Å². The molecule has 2 fully saturated rings. The lowest BCUT2D eigenvalue weighted by molar-refractivity contribution is 0.0740. The van der Waals surface area contributed by atoms with Crippen LogP contribution in [0.5, 0.6) is 0 Å². The van der Waals surface area contributed by atoms with Gasteiger partial charge in [-0.3, -0.25) is 4.79 Å². The molecule has 2 aliphatic rings. The fraction of sp³-hybridized carbons (Fsp3) is 0.462. The lowest BCUT2D eigenvalue weighted by Crippen LogP contribution is -2.26. The molecule has 1 aromatic rings. The first kappa shape index (κ1) is 11.4. The van der Waals surface area contributed by atoms with Gasteiger partial charge in [0, 0.05) is 4.47 Å². The van der Waals surface area contributed by atoms with Gasteiger partial charge in [-0.15, -0.1) is 0 Å². The van der Waals surface area contributed by atoms with E-state index in [1.807, 2.05) is 0 Å². The minimum absolute atomic E-state index is 0.00545. The van der Waals surface area contributed by atoms with Crippen molar-refractivity contribution < 1.29 is 13.9 Å². The van der Waals surface area contributed by atoms with Gasteiger partial charge >= 0.3 is 0 Å². The molecule has 0 saturated carbocycles. The molecule has 1 aromatic carbocycles. The summed E-state index contributed by atoms with van der Waals surface area (Å²) in [6.45, 7) is 0. The highest BCUT2D eigenvalue weighted by molar-refractivity contribution is 9.10. The zero-order chi connectivity index (χ0) is 12.0. The highest BCUT2D eigenvalue weighted by Crippen LogP contribution is 2.40. The van der Waals surface area contributed by atoms with E-state index in [1.165, 1.54) is 6.07 Å². The van der Waals surface area contributed by atoms with Crippen LogP contribution in [0.25, 0.3) is 0 Å². The number of rotatable bonds is 2. The molecule has 2 nitrogen and oxygen atoms in total. The monoisotopic (exact) mass is 298 g/mol. The van der Waals surface area contributed by atoms with Crippen LogP contribution < -0.4 is 0 Å². The maximum Gasteiger partial charge on any atom is 0.171 e. The van der Waals surface area contributed by atoms with Crippen LogP contribution in [0.15, 0.2) is 22.7 Å². The SMILES string of the molecule is O=C(c1cc(Br)ccc1F)C1CC2CCC1O2. The maximum atomic E-state index is 13.6. The first-order chi connectivity index (χ1) is 8.15. The van der Waals surface area contributed by atoms with Crippen LogP contribution in [-0.4, -0.2) is 18.0 Å². The second kappa shape index (κ2) is 4.18. The van der Waals surface area contributed by atoms with Crippen molar-refractivity contribution in [2.75, 3.05) is 0 Å². The quantitative estimate of drug-likeness (QED) is 0.783. The van der Waals surface area contributed by atoms with Gasteiger partial charge in [0.15, 0.2) is 5.78 Å². The third kappa shape index (κ3) is 1.93. The van der Waals surface area contributed by atoms with Crippen LogP contribution in [0.2, 0.25) is 0 Å². The zero-order valence-corrected chi connectivity index (χ0v) is 10.7. The number of ether oxygens (including phenoxy) is 1. The Hall–Kier alpha value is -0.740. The molecular formula is C13H12BrFO2. The molecule has 4 heteroatoms. The van der Waals surface area contributed by atoms with Crippen molar-refractivity contribution in [3.8, 4) is 0 Å². The Bertz CT molecular complexity index is 474. The Labute approximate surface area is 107 Å². The Morgan fingerprint density at radius 2 is 2.24 bits per heavy atom. The molecule has 2 aliphatic heterocycles. The van der Waals surface area contributed by atoms with E-state index in [9.17, 15) is 9.18 Å². The molecule has 3 unspecified atom stereocenters. The smallest absolute Gasteiger partial charge is 0.171 e. The van der Waals surface area contributed by atoms with E-state index in [4.69, 9.17) is 4.74 Å². The van der Waals surface area contributed by atoms with Crippen LogP contribution in [0.3, 0.4) is 0 Å². The first-order valence-corrected chi connectivity index (χ1v) is 6.59. The molecule has 0 amide bonds. The van der Waals surface area contributed by atoms with Gasteiger partial charge < -0.3 is 4.74 Å². The van der Waals surface area contributed by atoms with E-state index in [1.54, 1.807) is 12.1 Å². The van der Waals surface area contributed by atoms with Gasteiger partial charge in [-0.1, -0.05) is 15.9 Å². The van der Waals surface area contributed by atoms with Crippen molar-refractivity contribution in [2.24, 2.45) is 5.92 Å². The molecule has 0 spiro atoms. The van der Waals surface area contributed by atoms with E-state index >= 15 is 0 Å². The Morgan fingerprint density at radius 1 is 1.41 bits per heavy atom. The van der Waals surface area contributed by atoms with E-state index in [0.717, 1.165) is 23.7 Å². The number of carbonyl (C=O) groups is 1. The van der Waals surface area contributed by atoms with Gasteiger partial charge in [-0.05, 0) is 37.5 Å². The maximum absolute atomic E-state index is 13.6. The molecule has 0 aliphatic carbocycles. The fourth-order valence-electron chi connectivity index (χ4n) is 2.80. The van der Waals surface area contributed by atoms with Gasteiger partial charge in [-0.2, -0.15) is 0 Å². The van der Waals surface area contributed by atoms with Crippen LogP contribution in [0.1, 0.15) is 29.6 Å². The molecule has 2 saturated heterocycles. The highest BCUT2D eigenvalue weighted by Gasteiger charge is 2.44. The van der Waals surface area contributed by atoms with E-state index < -0.39 is 5.82 Å². The third-order valence-corrected chi connectivity index (χ3v) is 4.13. The number of halogens is 2. The van der Waals surface area contributed by atoms with Gasteiger partial charge in [-0.25, -0.2) is 4.39 Å². The lowest BCUT2D eigenvalue weighted by Gasteiger charge is -2.17. The second-order valence-electron chi connectivity index (χ2n) is 4.70. The van der Waals surface area contributed by atoms with Crippen LogP contribution >= 0.6 is 15.9 Å². The summed E-state index contributed by atoms with van der Waals surface area (Å²) in [6, 6.07) is 4.48. The van der Waals surface area contributed by atoms with Gasteiger partial charge in [0.1, 0.15) is 5.82 Å². The van der Waals surface area contributed by atoms with Crippen LogP contribution in [0, 0.1) is 11.7 Å². The summed E-state index contributed by atoms with van der Waals surface area (Å²) in [6.07, 6.45) is 2.93. The van der Waals surface area contributed by atoms with Gasteiger partial charge in [0.2, 0.25) is 0 Å². The largest absolute Gasteiger partial charge is 0.374 e. The average Bonchev–Trinajstić information content (AvgIpc) is 2.93. The van der Waals surface area contributed by atoms with Crippen molar-refractivity contribution in [3.05, 3.63) is 34.1 Å². The molecule has 0 aromatic heterocycles. The number of hydrogen-bond acceptors (Lipinski definition) is 2. The normalized spacial score (nSPS) is 30.8. The molecule has 2 heterocycles. The van der Waals surface area contributed by atoms with E-state index in [-0.39, 0.29) is 29.5 Å². The molecule has 3 atom stereocenters. The zero-order valence-electron chi connectivity index (χ0n) is 9.16. The Balaban J connectivity index is 1.89. The molecule has 3 rings (SSSR count). The number of fused-ring (bicyclic) bond motifs is 2. The predicted octanol–water partition coefficient (Wildman–Crippen LogP) is 3.34. The molecule has 2 bridgehead atoms. The summed E-state index contributed by atoms with van der Waals surface area (Å²) in [5.41, 5.74) is 0.181. The standard InChI is InChI=1S/C13H12BrFO2/c14-7-1-3-11(15)9(5-7)13(16)10-6-8-2-4-12(10)17-8/h1,3,5,8,10,12H,2,4,6H2. The highest BCUT2D eigenvalue weighted by atomic mass is 79.9. The molecule has 17 heavy (non-hydrogen) atoms. The minimum atomic E-state index is -0.444. The topological polar surface area (TPSA) is 26.3 Å². The summed E-state index contributed by atoms with van der Waals surface area (Å²) < 4.78 is 20.0. The molecular weight excluding hydrogens is 287 g/mol. The lowest BCUT2D eigenvalue weighted by atomic mass is 9.83. The van der Waals surface area contributed by atoms with Crippen molar-refractivity contribution in [1.82, 2.24) is 0 Å². The summed E-state index contributed by atoms with van der Waals surface area (Å²) in [5.74, 6) is -0.713. The number of carbonyl (C=O) groups excluding carboxylic acids is 1. The van der Waals surface area contributed by atoms with Crippen molar-refractivity contribution >= 4 is 21.7 Å². The van der Waals surface area contributed by atoms with Gasteiger partial charge in [0.05, 0.1) is 23.7 Å².